The zero-order chi connectivity index (χ0) is 18.3. The average Bonchev–Trinajstić information content (AvgIpc) is 2.62. The minimum absolute atomic E-state index is 0.544. The van der Waals surface area contributed by atoms with Crippen molar-refractivity contribution < 1.29 is 9.47 Å². The van der Waals surface area contributed by atoms with Gasteiger partial charge in [0.05, 0.1) is 6.61 Å². The molecular formula is C20H35N3O2. The van der Waals surface area contributed by atoms with Crippen LogP contribution in [0.25, 0.3) is 0 Å². The maximum atomic E-state index is 5.71. The summed E-state index contributed by atoms with van der Waals surface area (Å²) in [6.45, 7) is 10.5. The molecule has 0 radical (unpaired) electrons. The Kier molecular flexibility index (Phi) is 11.5. The molecule has 0 bridgehead atoms. The van der Waals surface area contributed by atoms with Crippen LogP contribution in [-0.4, -0.2) is 45.9 Å². The number of guanidine groups is 1. The Labute approximate surface area is 153 Å². The molecule has 0 aromatic heterocycles. The van der Waals surface area contributed by atoms with Gasteiger partial charge in [-0.3, -0.25) is 4.99 Å². The lowest BCUT2D eigenvalue weighted by Gasteiger charge is -2.12. The van der Waals surface area contributed by atoms with E-state index in [-0.39, 0.29) is 0 Å². The molecule has 0 atom stereocenters. The zero-order valence-electron chi connectivity index (χ0n) is 16.3. The number of rotatable bonds is 12. The van der Waals surface area contributed by atoms with Crippen molar-refractivity contribution in [2.75, 3.05) is 40.0 Å². The third-order valence-electron chi connectivity index (χ3n) is 3.65. The van der Waals surface area contributed by atoms with Gasteiger partial charge < -0.3 is 20.1 Å². The highest BCUT2D eigenvalue weighted by atomic mass is 16.5. The molecule has 142 valence electrons. The first-order valence-electron chi connectivity index (χ1n) is 9.39. The number of benzene rings is 1. The molecule has 0 fully saturated rings. The lowest BCUT2D eigenvalue weighted by Crippen LogP contribution is -2.38. The molecule has 25 heavy (non-hydrogen) atoms. The van der Waals surface area contributed by atoms with Gasteiger partial charge >= 0.3 is 0 Å². The summed E-state index contributed by atoms with van der Waals surface area (Å²) in [5.74, 6) is 2.34. The SMILES string of the molecule is CCOCCCCNC(=NC)NCCc1ccc(OCC(C)C)cc1. The Bertz CT molecular complexity index is 472. The minimum Gasteiger partial charge on any atom is -0.493 e. The molecule has 0 aliphatic heterocycles. The Morgan fingerprint density at radius 3 is 2.44 bits per heavy atom. The molecule has 0 unspecified atom stereocenters. The summed E-state index contributed by atoms with van der Waals surface area (Å²) < 4.78 is 11.0. The van der Waals surface area contributed by atoms with Gasteiger partial charge in [0.15, 0.2) is 5.96 Å². The summed E-state index contributed by atoms with van der Waals surface area (Å²) in [5, 5.41) is 6.68. The van der Waals surface area contributed by atoms with Crippen LogP contribution in [0.15, 0.2) is 29.3 Å². The van der Waals surface area contributed by atoms with Crippen molar-refractivity contribution in [3.8, 4) is 5.75 Å². The van der Waals surface area contributed by atoms with Crippen molar-refractivity contribution in [3.63, 3.8) is 0 Å². The highest BCUT2D eigenvalue weighted by Crippen LogP contribution is 2.13. The van der Waals surface area contributed by atoms with E-state index in [0.29, 0.717) is 5.92 Å². The molecule has 1 rings (SSSR count). The first-order chi connectivity index (χ1) is 12.2. The fourth-order valence-corrected chi connectivity index (χ4v) is 2.24. The molecule has 0 aliphatic rings. The van der Waals surface area contributed by atoms with Gasteiger partial charge in [-0.25, -0.2) is 0 Å². The van der Waals surface area contributed by atoms with E-state index < -0.39 is 0 Å². The monoisotopic (exact) mass is 349 g/mol. The van der Waals surface area contributed by atoms with E-state index in [9.17, 15) is 0 Å². The number of hydrogen-bond donors (Lipinski definition) is 2. The topological polar surface area (TPSA) is 54.9 Å². The van der Waals surface area contributed by atoms with E-state index in [0.717, 1.165) is 63.9 Å². The summed E-state index contributed by atoms with van der Waals surface area (Å²) in [6.07, 6.45) is 3.11. The van der Waals surface area contributed by atoms with Gasteiger partial charge in [0.2, 0.25) is 0 Å². The molecule has 0 saturated heterocycles. The summed E-state index contributed by atoms with van der Waals surface area (Å²) in [5.41, 5.74) is 1.29. The van der Waals surface area contributed by atoms with Crippen molar-refractivity contribution in [1.82, 2.24) is 10.6 Å². The second-order valence-corrected chi connectivity index (χ2v) is 6.43. The number of ether oxygens (including phenoxy) is 2. The fourth-order valence-electron chi connectivity index (χ4n) is 2.24. The van der Waals surface area contributed by atoms with E-state index >= 15 is 0 Å². The fraction of sp³-hybridized carbons (Fsp3) is 0.650. The Morgan fingerprint density at radius 2 is 1.80 bits per heavy atom. The first kappa shape index (κ1) is 21.3. The largest absolute Gasteiger partial charge is 0.493 e. The highest BCUT2D eigenvalue weighted by molar-refractivity contribution is 5.79. The first-order valence-corrected chi connectivity index (χ1v) is 9.39. The van der Waals surface area contributed by atoms with Crippen LogP contribution < -0.4 is 15.4 Å². The molecule has 1 aromatic rings. The smallest absolute Gasteiger partial charge is 0.190 e. The predicted octanol–water partition coefficient (Wildman–Crippen LogP) is 3.25. The molecule has 0 heterocycles. The molecule has 5 nitrogen and oxygen atoms in total. The van der Waals surface area contributed by atoms with Gasteiger partial charge in [0, 0.05) is 33.4 Å². The molecule has 0 amide bonds. The molecule has 0 spiro atoms. The molecule has 1 aromatic carbocycles. The van der Waals surface area contributed by atoms with Crippen LogP contribution >= 0.6 is 0 Å². The number of nitrogens with one attached hydrogen (secondary N) is 2. The van der Waals surface area contributed by atoms with E-state index in [2.05, 4.69) is 41.6 Å². The highest BCUT2D eigenvalue weighted by Gasteiger charge is 2.00. The predicted molar refractivity (Wildman–Crippen MR) is 106 cm³/mol. The van der Waals surface area contributed by atoms with Crippen molar-refractivity contribution in [2.24, 2.45) is 10.9 Å². The third-order valence-corrected chi connectivity index (χ3v) is 3.65. The Hall–Kier alpha value is -1.75. The normalized spacial score (nSPS) is 11.6. The van der Waals surface area contributed by atoms with Crippen LogP contribution in [0.5, 0.6) is 5.75 Å². The van der Waals surface area contributed by atoms with Crippen LogP contribution in [0.4, 0.5) is 0 Å². The average molecular weight is 350 g/mol. The van der Waals surface area contributed by atoms with Gasteiger partial charge in [0.25, 0.3) is 0 Å². The lowest BCUT2D eigenvalue weighted by atomic mass is 10.1. The Morgan fingerprint density at radius 1 is 1.08 bits per heavy atom. The van der Waals surface area contributed by atoms with Crippen LogP contribution in [-0.2, 0) is 11.2 Å². The van der Waals surface area contributed by atoms with Gasteiger partial charge in [-0.05, 0) is 49.8 Å². The van der Waals surface area contributed by atoms with E-state index in [1.807, 2.05) is 19.1 Å². The molecule has 5 heteroatoms. The quantitative estimate of drug-likeness (QED) is 0.345. The molecule has 0 saturated carbocycles. The lowest BCUT2D eigenvalue weighted by molar-refractivity contribution is 0.143. The zero-order valence-corrected chi connectivity index (χ0v) is 16.3. The van der Waals surface area contributed by atoms with Crippen molar-refractivity contribution in [3.05, 3.63) is 29.8 Å². The van der Waals surface area contributed by atoms with Gasteiger partial charge in [-0.15, -0.1) is 0 Å². The second-order valence-electron chi connectivity index (χ2n) is 6.43. The van der Waals surface area contributed by atoms with Crippen LogP contribution in [0.2, 0.25) is 0 Å². The molecule has 2 N–H and O–H groups in total. The number of aliphatic imine (C=N–C) groups is 1. The van der Waals surface area contributed by atoms with Gasteiger partial charge in [-0.2, -0.15) is 0 Å². The van der Waals surface area contributed by atoms with Crippen molar-refractivity contribution in [2.45, 2.75) is 40.0 Å². The van der Waals surface area contributed by atoms with Gasteiger partial charge in [-0.1, -0.05) is 26.0 Å². The maximum Gasteiger partial charge on any atom is 0.190 e. The van der Waals surface area contributed by atoms with Crippen LogP contribution in [0.1, 0.15) is 39.2 Å². The summed E-state index contributed by atoms with van der Waals surface area (Å²) in [6, 6.07) is 8.34. The number of unbranched alkanes of at least 4 members (excludes halogenated alkanes) is 1. The minimum atomic E-state index is 0.544. The maximum absolute atomic E-state index is 5.71. The Balaban J connectivity index is 2.19. The van der Waals surface area contributed by atoms with Gasteiger partial charge in [0.1, 0.15) is 5.75 Å². The van der Waals surface area contributed by atoms with Crippen molar-refractivity contribution in [1.29, 1.82) is 0 Å². The van der Waals surface area contributed by atoms with E-state index in [1.54, 1.807) is 7.05 Å². The summed E-state index contributed by atoms with van der Waals surface area (Å²) in [7, 11) is 1.80. The third kappa shape index (κ3) is 10.7. The molecular weight excluding hydrogens is 314 g/mol. The number of nitrogens with zero attached hydrogens (tertiary/aromatic N) is 1. The summed E-state index contributed by atoms with van der Waals surface area (Å²) in [4.78, 5) is 4.25. The number of hydrogen-bond acceptors (Lipinski definition) is 3. The second kappa shape index (κ2) is 13.5. The molecule has 0 aliphatic carbocycles. The summed E-state index contributed by atoms with van der Waals surface area (Å²) >= 11 is 0. The van der Waals surface area contributed by atoms with E-state index in [1.165, 1.54) is 5.56 Å². The van der Waals surface area contributed by atoms with E-state index in [4.69, 9.17) is 9.47 Å². The standard InChI is InChI=1S/C20H35N3O2/c1-5-24-15-7-6-13-22-20(21-4)23-14-12-18-8-10-19(11-9-18)25-16-17(2)3/h8-11,17H,5-7,12-16H2,1-4H3,(H2,21,22,23). The van der Waals surface area contributed by atoms with Crippen LogP contribution in [0.3, 0.4) is 0 Å². The van der Waals surface area contributed by atoms with Crippen LogP contribution in [0, 0.1) is 5.92 Å². The van der Waals surface area contributed by atoms with Crippen molar-refractivity contribution >= 4 is 5.96 Å².